The van der Waals surface area contributed by atoms with Gasteiger partial charge in [-0.3, -0.25) is 9.80 Å². The maximum absolute atomic E-state index is 11.5. The molecular weight excluding hydrogens is 342 g/mol. The van der Waals surface area contributed by atoms with Gasteiger partial charge in [0.25, 0.3) is 0 Å². The van der Waals surface area contributed by atoms with Crippen LogP contribution < -0.4 is 21.7 Å². The van der Waals surface area contributed by atoms with Gasteiger partial charge in [-0.05, 0) is 44.2 Å². The SMILES string of the molecule is N/N=C(/CCCCOc1cccc2c1CCC(=O)N2)N(N)C1CCCCC1. The third kappa shape index (κ3) is 5.13. The summed E-state index contributed by atoms with van der Waals surface area (Å²) in [4.78, 5) is 11.5. The number of carbonyl (C=O) groups is 1. The van der Waals surface area contributed by atoms with Gasteiger partial charge in [-0.15, -0.1) is 0 Å². The summed E-state index contributed by atoms with van der Waals surface area (Å²) in [6, 6.07) is 6.16. The van der Waals surface area contributed by atoms with E-state index in [0.29, 0.717) is 19.1 Å². The number of nitrogens with two attached hydrogens (primary N) is 2. The fraction of sp³-hybridized carbons (Fsp3) is 0.600. The number of rotatable bonds is 7. The molecule has 5 N–H and O–H groups in total. The van der Waals surface area contributed by atoms with E-state index in [9.17, 15) is 4.79 Å². The number of benzene rings is 1. The minimum atomic E-state index is 0.0672. The molecule has 1 aromatic rings. The zero-order valence-corrected chi connectivity index (χ0v) is 16.0. The van der Waals surface area contributed by atoms with Gasteiger partial charge in [-0.2, -0.15) is 5.10 Å². The fourth-order valence-corrected chi connectivity index (χ4v) is 3.92. The second-order valence-electron chi connectivity index (χ2n) is 7.38. The largest absolute Gasteiger partial charge is 0.493 e. The predicted octanol–water partition coefficient (Wildman–Crippen LogP) is 2.90. The number of hydrazone groups is 1. The Labute approximate surface area is 161 Å². The normalized spacial score (nSPS) is 18.0. The topological polar surface area (TPSA) is 106 Å². The quantitative estimate of drug-likeness (QED) is 0.224. The molecule has 1 saturated carbocycles. The van der Waals surface area contributed by atoms with E-state index in [1.165, 1.54) is 19.3 Å². The van der Waals surface area contributed by atoms with Crippen molar-refractivity contribution in [1.29, 1.82) is 0 Å². The first kappa shape index (κ1) is 19.5. The lowest BCUT2D eigenvalue weighted by Crippen LogP contribution is -2.46. The molecule has 7 nitrogen and oxygen atoms in total. The Kier molecular flexibility index (Phi) is 6.92. The molecule has 1 amide bonds. The van der Waals surface area contributed by atoms with E-state index in [1.807, 2.05) is 18.2 Å². The number of hydrogen-bond donors (Lipinski definition) is 3. The molecule has 7 heteroatoms. The lowest BCUT2D eigenvalue weighted by atomic mass is 9.95. The van der Waals surface area contributed by atoms with Gasteiger partial charge in [0.05, 0.1) is 6.61 Å². The van der Waals surface area contributed by atoms with Crippen LogP contribution in [0.1, 0.15) is 63.4 Å². The van der Waals surface area contributed by atoms with Gasteiger partial charge in [-0.25, -0.2) is 5.84 Å². The van der Waals surface area contributed by atoms with E-state index in [1.54, 1.807) is 5.01 Å². The summed E-state index contributed by atoms with van der Waals surface area (Å²) < 4.78 is 5.96. The van der Waals surface area contributed by atoms with Gasteiger partial charge in [0.15, 0.2) is 0 Å². The van der Waals surface area contributed by atoms with Crippen LogP contribution in [0.5, 0.6) is 5.75 Å². The Bertz CT molecular complexity index is 670. The maximum atomic E-state index is 11.5. The summed E-state index contributed by atoms with van der Waals surface area (Å²) in [6.45, 7) is 0.621. The van der Waals surface area contributed by atoms with Crippen molar-refractivity contribution < 1.29 is 9.53 Å². The Morgan fingerprint density at radius 1 is 1.22 bits per heavy atom. The third-order valence-electron chi connectivity index (χ3n) is 5.48. The summed E-state index contributed by atoms with van der Waals surface area (Å²) >= 11 is 0. The second-order valence-corrected chi connectivity index (χ2v) is 7.38. The molecule has 1 aromatic carbocycles. The monoisotopic (exact) mass is 373 g/mol. The molecule has 0 atom stereocenters. The summed E-state index contributed by atoms with van der Waals surface area (Å²) in [7, 11) is 0. The van der Waals surface area contributed by atoms with Crippen LogP contribution in [0, 0.1) is 0 Å². The molecule has 3 rings (SSSR count). The lowest BCUT2D eigenvalue weighted by Gasteiger charge is -2.32. The van der Waals surface area contributed by atoms with Gasteiger partial charge in [0, 0.05) is 30.1 Å². The number of nitrogens with zero attached hydrogens (tertiary/aromatic N) is 2. The van der Waals surface area contributed by atoms with E-state index in [2.05, 4.69) is 10.4 Å². The van der Waals surface area contributed by atoms with Gasteiger partial charge >= 0.3 is 0 Å². The zero-order valence-electron chi connectivity index (χ0n) is 16.0. The van der Waals surface area contributed by atoms with Gasteiger partial charge in [0.2, 0.25) is 5.91 Å². The van der Waals surface area contributed by atoms with Crippen LogP contribution >= 0.6 is 0 Å². The third-order valence-corrected chi connectivity index (χ3v) is 5.48. The number of nitrogens with one attached hydrogen (secondary N) is 1. The van der Waals surface area contributed by atoms with Crippen LogP contribution in [-0.4, -0.2) is 29.4 Å². The molecule has 148 valence electrons. The van der Waals surface area contributed by atoms with Crippen LogP contribution in [0.4, 0.5) is 5.69 Å². The number of amidine groups is 1. The standard InChI is InChI=1S/C20H31N5O2/c21-24-19(25(22)15-7-2-1-3-8-15)11-4-5-14-27-18-10-6-9-17-16(18)12-13-20(26)23-17/h6,9-10,15H,1-5,7-8,11-14,21-22H2,(H,23,26)/b24-19-. The average molecular weight is 374 g/mol. The van der Waals surface area contributed by atoms with Gasteiger partial charge in [0.1, 0.15) is 11.6 Å². The summed E-state index contributed by atoms with van der Waals surface area (Å²) in [5.74, 6) is 13.5. The fourth-order valence-electron chi connectivity index (χ4n) is 3.92. The van der Waals surface area contributed by atoms with E-state index < -0.39 is 0 Å². The van der Waals surface area contributed by atoms with Crippen LogP contribution in [0.2, 0.25) is 0 Å². The van der Waals surface area contributed by atoms with Crippen LogP contribution in [0.15, 0.2) is 23.3 Å². The number of hydrazine groups is 1. The van der Waals surface area contributed by atoms with Crippen molar-refractivity contribution in [2.45, 2.75) is 70.3 Å². The first-order chi connectivity index (χ1) is 13.2. The maximum Gasteiger partial charge on any atom is 0.224 e. The molecule has 0 aromatic heterocycles. The molecule has 1 aliphatic carbocycles. The molecule has 0 spiro atoms. The zero-order chi connectivity index (χ0) is 19.1. The van der Waals surface area contributed by atoms with Crippen molar-refractivity contribution >= 4 is 17.4 Å². The average Bonchev–Trinajstić information content (AvgIpc) is 2.70. The predicted molar refractivity (Wildman–Crippen MR) is 107 cm³/mol. The molecule has 1 fully saturated rings. The molecular formula is C20H31N5O2. The first-order valence-electron chi connectivity index (χ1n) is 10.0. The highest BCUT2D eigenvalue weighted by atomic mass is 16.5. The molecule has 1 heterocycles. The van der Waals surface area contributed by atoms with Crippen LogP contribution in [0.3, 0.4) is 0 Å². The molecule has 0 saturated heterocycles. The van der Waals surface area contributed by atoms with Crippen molar-refractivity contribution in [1.82, 2.24) is 5.01 Å². The van der Waals surface area contributed by atoms with Crippen molar-refractivity contribution in [3.63, 3.8) is 0 Å². The number of fused-ring (bicyclic) bond motifs is 1. The van der Waals surface area contributed by atoms with Gasteiger partial charge in [-0.1, -0.05) is 25.3 Å². The molecule has 0 bridgehead atoms. The first-order valence-corrected chi connectivity index (χ1v) is 10.0. The van der Waals surface area contributed by atoms with Crippen molar-refractivity contribution in [2.24, 2.45) is 16.8 Å². The molecule has 0 unspecified atom stereocenters. The van der Waals surface area contributed by atoms with Crippen molar-refractivity contribution in [3.05, 3.63) is 23.8 Å². The Morgan fingerprint density at radius 3 is 2.81 bits per heavy atom. The van der Waals surface area contributed by atoms with Crippen molar-refractivity contribution in [3.8, 4) is 5.75 Å². The minimum absolute atomic E-state index is 0.0672. The smallest absolute Gasteiger partial charge is 0.224 e. The Morgan fingerprint density at radius 2 is 2.04 bits per heavy atom. The Hall–Kier alpha value is -2.28. The number of hydrogen-bond acceptors (Lipinski definition) is 5. The number of anilines is 1. The van der Waals surface area contributed by atoms with E-state index in [0.717, 1.165) is 61.4 Å². The van der Waals surface area contributed by atoms with E-state index in [4.69, 9.17) is 16.4 Å². The van der Waals surface area contributed by atoms with Crippen molar-refractivity contribution in [2.75, 3.05) is 11.9 Å². The number of carbonyl (C=O) groups excluding carboxylic acids is 1. The lowest BCUT2D eigenvalue weighted by molar-refractivity contribution is -0.116. The van der Waals surface area contributed by atoms with Gasteiger partial charge < -0.3 is 15.9 Å². The Balaban J connectivity index is 1.42. The summed E-state index contributed by atoms with van der Waals surface area (Å²) in [5, 5.41) is 8.61. The number of ether oxygens (including phenoxy) is 1. The molecule has 2 aliphatic rings. The second kappa shape index (κ2) is 9.60. The molecule has 1 aliphatic heterocycles. The minimum Gasteiger partial charge on any atom is -0.493 e. The van der Waals surface area contributed by atoms with E-state index in [-0.39, 0.29) is 5.91 Å². The number of unbranched alkanes of at least 4 members (excludes halogenated alkanes) is 1. The summed E-state index contributed by atoms with van der Waals surface area (Å²) in [5.41, 5.74) is 1.96. The summed E-state index contributed by atoms with van der Waals surface area (Å²) in [6.07, 6.45) is 9.80. The van der Waals surface area contributed by atoms with E-state index >= 15 is 0 Å². The highest BCUT2D eigenvalue weighted by Gasteiger charge is 2.21. The van der Waals surface area contributed by atoms with Crippen LogP contribution in [0.25, 0.3) is 0 Å². The molecule has 0 radical (unpaired) electrons. The van der Waals surface area contributed by atoms with Crippen LogP contribution in [-0.2, 0) is 11.2 Å². The highest BCUT2D eigenvalue weighted by molar-refractivity contribution is 5.94. The molecule has 27 heavy (non-hydrogen) atoms. The highest BCUT2D eigenvalue weighted by Crippen LogP contribution is 2.31. The number of amides is 1.